The van der Waals surface area contributed by atoms with Crippen LogP contribution in [0.3, 0.4) is 0 Å². The number of fused-ring (bicyclic) bond motifs is 1. The van der Waals surface area contributed by atoms with E-state index < -0.39 is 28.7 Å². The number of hydrogen-bond donors (Lipinski definition) is 3. The van der Waals surface area contributed by atoms with Crippen molar-refractivity contribution in [2.75, 3.05) is 0 Å². The predicted octanol–water partition coefficient (Wildman–Crippen LogP) is 0.599. The van der Waals surface area contributed by atoms with Gasteiger partial charge in [0.2, 0.25) is 5.91 Å². The number of nitrogens with zero attached hydrogens (tertiary/aromatic N) is 1. The van der Waals surface area contributed by atoms with Crippen LogP contribution in [-0.4, -0.2) is 20.7 Å². The molecule has 0 atom stereocenters. The Bertz CT molecular complexity index is 767. The molecule has 0 aliphatic heterocycles. The molecule has 1 heterocycles. The smallest absolute Gasteiger partial charge is 0.222 e. The number of phenolic OH excluding ortho intramolecular Hbond substituents is 2. The Labute approximate surface area is 112 Å². The number of aryl methyl sites for hydroxylation is 1. The van der Waals surface area contributed by atoms with Crippen molar-refractivity contribution in [3.05, 3.63) is 33.9 Å². The molecular weight excluding hydrogens is 267 g/mol. The molecule has 6 nitrogen and oxygen atoms in total. The second-order valence-electron chi connectivity index (χ2n) is 4.36. The van der Waals surface area contributed by atoms with Gasteiger partial charge in [-0.15, -0.1) is 0 Å². The zero-order chi connectivity index (χ0) is 15.0. The minimum absolute atomic E-state index is 0.0182. The van der Waals surface area contributed by atoms with Gasteiger partial charge in [-0.2, -0.15) is 0 Å². The van der Waals surface area contributed by atoms with Crippen molar-refractivity contribution in [3.63, 3.8) is 0 Å². The summed E-state index contributed by atoms with van der Waals surface area (Å²) in [4.78, 5) is 23.1. The molecule has 0 radical (unpaired) electrons. The molecule has 0 saturated heterocycles. The molecule has 1 aromatic carbocycles. The van der Waals surface area contributed by atoms with Crippen molar-refractivity contribution in [3.8, 4) is 11.5 Å². The number of benzene rings is 1. The van der Waals surface area contributed by atoms with E-state index in [2.05, 4.69) is 0 Å². The molecular formula is C13H13FN2O4. The highest BCUT2D eigenvalue weighted by atomic mass is 19.1. The van der Waals surface area contributed by atoms with Gasteiger partial charge in [-0.05, 0) is 13.0 Å². The van der Waals surface area contributed by atoms with E-state index in [9.17, 15) is 24.2 Å². The molecule has 7 heteroatoms. The maximum Gasteiger partial charge on any atom is 0.222 e. The van der Waals surface area contributed by atoms with E-state index in [0.717, 1.165) is 6.07 Å². The molecule has 4 N–H and O–H groups in total. The minimum atomic E-state index is -1.11. The third-order valence-corrected chi connectivity index (χ3v) is 3.04. The summed E-state index contributed by atoms with van der Waals surface area (Å²) in [6, 6.07) is 0.837. The highest BCUT2D eigenvalue weighted by Gasteiger charge is 2.18. The molecule has 0 unspecified atom stereocenters. The SMILES string of the molecule is CCn1cc(CC(N)=O)c(=O)c2cc(F)c(O)c(O)c21. The summed E-state index contributed by atoms with van der Waals surface area (Å²) in [5.41, 5.74) is 4.59. The van der Waals surface area contributed by atoms with Crippen LogP contribution in [-0.2, 0) is 17.8 Å². The molecule has 0 fully saturated rings. The van der Waals surface area contributed by atoms with Crippen LogP contribution in [0.25, 0.3) is 10.9 Å². The molecule has 2 rings (SSSR count). The van der Waals surface area contributed by atoms with Crippen LogP contribution in [0.2, 0.25) is 0 Å². The number of hydrogen-bond acceptors (Lipinski definition) is 4. The maximum absolute atomic E-state index is 13.5. The number of nitrogens with two attached hydrogens (primary N) is 1. The lowest BCUT2D eigenvalue weighted by molar-refractivity contribution is -0.117. The van der Waals surface area contributed by atoms with E-state index in [-0.39, 0.29) is 22.9 Å². The third kappa shape index (κ3) is 2.07. The average molecular weight is 280 g/mol. The molecule has 0 saturated carbocycles. The lowest BCUT2D eigenvalue weighted by atomic mass is 10.1. The van der Waals surface area contributed by atoms with Crippen LogP contribution in [0.1, 0.15) is 12.5 Å². The summed E-state index contributed by atoms with van der Waals surface area (Å²) in [5, 5.41) is 19.1. The molecule has 0 bridgehead atoms. The Morgan fingerprint density at radius 1 is 1.40 bits per heavy atom. The fourth-order valence-corrected chi connectivity index (χ4v) is 2.13. The monoisotopic (exact) mass is 280 g/mol. The summed E-state index contributed by atoms with van der Waals surface area (Å²) in [7, 11) is 0. The van der Waals surface area contributed by atoms with Crippen molar-refractivity contribution >= 4 is 16.8 Å². The zero-order valence-electron chi connectivity index (χ0n) is 10.7. The van der Waals surface area contributed by atoms with Gasteiger partial charge >= 0.3 is 0 Å². The van der Waals surface area contributed by atoms with Gasteiger partial charge < -0.3 is 20.5 Å². The fraction of sp³-hybridized carbons (Fsp3) is 0.231. The molecule has 106 valence electrons. The van der Waals surface area contributed by atoms with Crippen molar-refractivity contribution in [1.29, 1.82) is 0 Å². The number of aromatic hydroxyl groups is 2. The Morgan fingerprint density at radius 2 is 2.05 bits per heavy atom. The summed E-state index contributed by atoms with van der Waals surface area (Å²) in [6.45, 7) is 2.08. The quantitative estimate of drug-likeness (QED) is 0.716. The number of halogens is 1. The van der Waals surface area contributed by atoms with Crippen LogP contribution in [0.5, 0.6) is 11.5 Å². The molecule has 1 aromatic heterocycles. The Balaban J connectivity index is 2.93. The van der Waals surface area contributed by atoms with Gasteiger partial charge in [-0.25, -0.2) is 4.39 Å². The predicted molar refractivity (Wildman–Crippen MR) is 70.1 cm³/mol. The van der Waals surface area contributed by atoms with Gasteiger partial charge in [0.1, 0.15) is 0 Å². The number of amides is 1. The van der Waals surface area contributed by atoms with Crippen molar-refractivity contribution in [2.24, 2.45) is 5.73 Å². The first-order valence-electron chi connectivity index (χ1n) is 5.91. The summed E-state index contributed by atoms with van der Waals surface area (Å²) in [5.74, 6) is -3.41. The van der Waals surface area contributed by atoms with Crippen molar-refractivity contribution in [2.45, 2.75) is 19.9 Å². The average Bonchev–Trinajstić information content (AvgIpc) is 2.39. The highest BCUT2D eigenvalue weighted by Crippen LogP contribution is 2.35. The normalized spacial score (nSPS) is 10.9. The van der Waals surface area contributed by atoms with Gasteiger partial charge in [0.05, 0.1) is 17.3 Å². The van der Waals surface area contributed by atoms with E-state index >= 15 is 0 Å². The molecule has 0 aliphatic carbocycles. The summed E-state index contributed by atoms with van der Waals surface area (Å²) < 4.78 is 14.9. The third-order valence-electron chi connectivity index (χ3n) is 3.04. The topological polar surface area (TPSA) is 106 Å². The van der Waals surface area contributed by atoms with Gasteiger partial charge in [0.25, 0.3) is 0 Å². The van der Waals surface area contributed by atoms with Crippen LogP contribution in [0.4, 0.5) is 4.39 Å². The molecule has 0 aliphatic rings. The number of pyridine rings is 1. The van der Waals surface area contributed by atoms with Crippen LogP contribution < -0.4 is 11.2 Å². The number of phenols is 2. The second-order valence-corrected chi connectivity index (χ2v) is 4.36. The van der Waals surface area contributed by atoms with Gasteiger partial charge in [0, 0.05) is 18.3 Å². The van der Waals surface area contributed by atoms with Crippen LogP contribution >= 0.6 is 0 Å². The first kappa shape index (κ1) is 13.9. The van der Waals surface area contributed by atoms with Crippen LogP contribution in [0, 0.1) is 5.82 Å². The van der Waals surface area contributed by atoms with Crippen molar-refractivity contribution < 1.29 is 19.4 Å². The fourth-order valence-electron chi connectivity index (χ4n) is 2.13. The van der Waals surface area contributed by atoms with E-state index in [0.29, 0.717) is 6.54 Å². The van der Waals surface area contributed by atoms with Gasteiger partial charge in [-0.1, -0.05) is 0 Å². The summed E-state index contributed by atoms with van der Waals surface area (Å²) >= 11 is 0. The molecule has 2 aromatic rings. The highest BCUT2D eigenvalue weighted by molar-refractivity contribution is 5.88. The lowest BCUT2D eigenvalue weighted by Crippen LogP contribution is -2.22. The number of aromatic nitrogens is 1. The van der Waals surface area contributed by atoms with E-state index in [4.69, 9.17) is 5.73 Å². The number of primary amides is 1. The van der Waals surface area contributed by atoms with Crippen molar-refractivity contribution in [1.82, 2.24) is 4.57 Å². The largest absolute Gasteiger partial charge is 0.503 e. The standard InChI is InChI=1S/C13H13FN2O4/c1-2-16-5-6(3-9(15)17)11(18)7-4-8(14)12(19)13(20)10(7)16/h4-5,19-20H,2-3H2,1H3,(H2,15,17). The minimum Gasteiger partial charge on any atom is -0.503 e. The Kier molecular flexibility index (Phi) is 3.35. The van der Waals surface area contributed by atoms with E-state index in [1.54, 1.807) is 6.92 Å². The second kappa shape index (κ2) is 4.84. The van der Waals surface area contributed by atoms with Gasteiger partial charge in [-0.3, -0.25) is 9.59 Å². The van der Waals surface area contributed by atoms with Crippen LogP contribution in [0.15, 0.2) is 17.1 Å². The molecule has 0 spiro atoms. The van der Waals surface area contributed by atoms with E-state index in [1.807, 2.05) is 0 Å². The number of rotatable bonds is 3. The first-order valence-corrected chi connectivity index (χ1v) is 5.91. The maximum atomic E-state index is 13.5. The zero-order valence-corrected chi connectivity index (χ0v) is 10.7. The van der Waals surface area contributed by atoms with E-state index in [1.165, 1.54) is 10.8 Å². The van der Waals surface area contributed by atoms with Gasteiger partial charge in [0.15, 0.2) is 22.7 Å². The lowest BCUT2D eigenvalue weighted by Gasteiger charge is -2.13. The number of carbonyl (C=O) groups excluding carboxylic acids is 1. The summed E-state index contributed by atoms with van der Waals surface area (Å²) in [6.07, 6.45) is 1.09. The molecule has 1 amide bonds. The molecule has 20 heavy (non-hydrogen) atoms. The first-order chi connectivity index (χ1) is 9.36. The Morgan fingerprint density at radius 3 is 2.60 bits per heavy atom. The Hall–Kier alpha value is -2.57. The number of carbonyl (C=O) groups is 1.